The van der Waals surface area contributed by atoms with Gasteiger partial charge >= 0.3 is 0 Å². The van der Waals surface area contributed by atoms with Crippen molar-refractivity contribution in [2.75, 3.05) is 5.32 Å². The molecule has 108 valence electrons. The molecule has 0 atom stereocenters. The summed E-state index contributed by atoms with van der Waals surface area (Å²) in [4.78, 5) is 8.47. The first-order valence-corrected chi connectivity index (χ1v) is 6.69. The van der Waals surface area contributed by atoms with E-state index in [9.17, 15) is 0 Å². The Morgan fingerprint density at radius 2 is 2.14 bits per heavy atom. The summed E-state index contributed by atoms with van der Waals surface area (Å²) in [6.07, 6.45) is 3.19. The highest BCUT2D eigenvalue weighted by Gasteiger charge is 2.10. The number of aryl methyl sites for hydroxylation is 2. The molecule has 0 aromatic carbocycles. The number of aromatic nitrogens is 3. The third kappa shape index (κ3) is 2.65. The highest BCUT2D eigenvalue weighted by atomic mass is 16.5. The molecule has 0 aliphatic heterocycles. The minimum absolute atomic E-state index is 0.327. The largest absolute Gasteiger partial charge is 0.364 e. The second-order valence-electron chi connectivity index (χ2n) is 4.83. The smallest absolute Gasteiger partial charge is 0.163 e. The average molecular weight is 291 g/mol. The summed E-state index contributed by atoms with van der Waals surface area (Å²) in [5.41, 5.74) is 4.49. The first-order valence-electron chi connectivity index (χ1n) is 6.69. The molecular formula is C16H13N5O. The van der Waals surface area contributed by atoms with E-state index in [4.69, 9.17) is 9.78 Å². The molecule has 0 fully saturated rings. The Labute approximate surface area is 127 Å². The summed E-state index contributed by atoms with van der Waals surface area (Å²) in [6, 6.07) is 9.46. The Morgan fingerprint density at radius 3 is 2.86 bits per heavy atom. The van der Waals surface area contributed by atoms with Gasteiger partial charge in [0.05, 0.1) is 11.4 Å². The molecule has 1 N–H and O–H groups in total. The number of hydrogen-bond acceptors (Lipinski definition) is 6. The SMILES string of the molecule is Cc1cc(-c2conc2C)cc(Nc2cccnc2C#N)n1. The van der Waals surface area contributed by atoms with Gasteiger partial charge in [-0.2, -0.15) is 5.26 Å². The molecule has 0 spiro atoms. The Bertz CT molecular complexity index is 863. The zero-order valence-electron chi connectivity index (χ0n) is 12.2. The lowest BCUT2D eigenvalue weighted by Gasteiger charge is -2.09. The van der Waals surface area contributed by atoms with Crippen molar-refractivity contribution in [1.82, 2.24) is 15.1 Å². The molecule has 0 radical (unpaired) electrons. The van der Waals surface area contributed by atoms with Gasteiger partial charge in [-0.25, -0.2) is 9.97 Å². The van der Waals surface area contributed by atoms with E-state index in [-0.39, 0.29) is 0 Å². The normalized spacial score (nSPS) is 10.2. The number of nitriles is 1. The summed E-state index contributed by atoms with van der Waals surface area (Å²) in [5, 5.41) is 16.1. The van der Waals surface area contributed by atoms with E-state index in [1.807, 2.05) is 26.0 Å². The molecule has 3 aromatic rings. The molecule has 0 amide bonds. The van der Waals surface area contributed by atoms with Crippen LogP contribution in [0.4, 0.5) is 11.5 Å². The molecule has 3 heterocycles. The quantitative estimate of drug-likeness (QED) is 0.796. The highest BCUT2D eigenvalue weighted by Crippen LogP contribution is 2.27. The lowest BCUT2D eigenvalue weighted by Crippen LogP contribution is -1.99. The molecular weight excluding hydrogens is 278 g/mol. The van der Waals surface area contributed by atoms with Gasteiger partial charge < -0.3 is 9.84 Å². The topological polar surface area (TPSA) is 87.6 Å². The predicted octanol–water partition coefficient (Wildman–Crippen LogP) is 3.36. The first kappa shape index (κ1) is 13.8. The number of hydrogen-bond donors (Lipinski definition) is 1. The van der Waals surface area contributed by atoms with Gasteiger partial charge in [-0.15, -0.1) is 0 Å². The Kier molecular flexibility index (Phi) is 3.54. The first-order chi connectivity index (χ1) is 10.7. The minimum Gasteiger partial charge on any atom is -0.364 e. The third-order valence-corrected chi connectivity index (χ3v) is 3.19. The molecule has 3 aromatic heterocycles. The lowest BCUT2D eigenvalue weighted by molar-refractivity contribution is 0.415. The van der Waals surface area contributed by atoms with Crippen LogP contribution in [0.1, 0.15) is 17.1 Å². The van der Waals surface area contributed by atoms with Gasteiger partial charge in [0.15, 0.2) is 5.69 Å². The summed E-state index contributed by atoms with van der Waals surface area (Å²) < 4.78 is 4.99. The highest BCUT2D eigenvalue weighted by molar-refractivity contribution is 5.71. The van der Waals surface area contributed by atoms with E-state index in [1.54, 1.807) is 24.6 Å². The molecule has 0 aliphatic rings. The number of anilines is 2. The fourth-order valence-corrected chi connectivity index (χ4v) is 2.19. The van der Waals surface area contributed by atoms with E-state index in [0.717, 1.165) is 22.5 Å². The third-order valence-electron chi connectivity index (χ3n) is 3.19. The van der Waals surface area contributed by atoms with E-state index in [1.165, 1.54) is 0 Å². The number of pyridine rings is 2. The van der Waals surface area contributed by atoms with Crippen molar-refractivity contribution >= 4 is 11.5 Å². The van der Waals surface area contributed by atoms with E-state index in [0.29, 0.717) is 17.2 Å². The summed E-state index contributed by atoms with van der Waals surface area (Å²) in [5.74, 6) is 0.639. The van der Waals surface area contributed by atoms with Crippen LogP contribution in [0.25, 0.3) is 11.1 Å². The molecule has 0 aliphatic carbocycles. The van der Waals surface area contributed by atoms with Crippen molar-refractivity contribution in [3.05, 3.63) is 53.8 Å². The molecule has 6 heteroatoms. The van der Waals surface area contributed by atoms with Crippen LogP contribution in [-0.2, 0) is 0 Å². The lowest BCUT2D eigenvalue weighted by atomic mass is 10.1. The summed E-state index contributed by atoms with van der Waals surface area (Å²) in [7, 11) is 0. The van der Waals surface area contributed by atoms with Crippen LogP contribution in [0.15, 0.2) is 41.2 Å². The zero-order valence-corrected chi connectivity index (χ0v) is 12.2. The van der Waals surface area contributed by atoms with Crippen LogP contribution < -0.4 is 5.32 Å². The summed E-state index contributed by atoms with van der Waals surface area (Å²) >= 11 is 0. The molecule has 0 unspecified atom stereocenters. The Balaban J connectivity index is 2.00. The summed E-state index contributed by atoms with van der Waals surface area (Å²) in [6.45, 7) is 3.79. The van der Waals surface area contributed by atoms with Crippen LogP contribution in [0, 0.1) is 25.2 Å². The maximum absolute atomic E-state index is 9.10. The number of nitrogens with zero attached hydrogens (tertiary/aromatic N) is 4. The Morgan fingerprint density at radius 1 is 1.27 bits per heavy atom. The van der Waals surface area contributed by atoms with Crippen molar-refractivity contribution in [2.45, 2.75) is 13.8 Å². The molecule has 0 bridgehead atoms. The van der Waals surface area contributed by atoms with Gasteiger partial charge in [-0.1, -0.05) is 5.16 Å². The Hall–Kier alpha value is -3.20. The van der Waals surface area contributed by atoms with Gasteiger partial charge in [0.1, 0.15) is 18.2 Å². The van der Waals surface area contributed by atoms with Gasteiger partial charge in [-0.3, -0.25) is 0 Å². The van der Waals surface area contributed by atoms with E-state index in [2.05, 4.69) is 26.5 Å². The molecule has 6 nitrogen and oxygen atoms in total. The van der Waals surface area contributed by atoms with Gasteiger partial charge in [-0.05, 0) is 43.7 Å². The monoisotopic (exact) mass is 291 g/mol. The van der Waals surface area contributed by atoms with Crippen molar-refractivity contribution in [1.29, 1.82) is 5.26 Å². The molecule has 0 saturated carbocycles. The van der Waals surface area contributed by atoms with Crippen molar-refractivity contribution < 1.29 is 4.52 Å². The van der Waals surface area contributed by atoms with Gasteiger partial charge in [0.25, 0.3) is 0 Å². The van der Waals surface area contributed by atoms with Gasteiger partial charge in [0.2, 0.25) is 0 Å². The average Bonchev–Trinajstić information content (AvgIpc) is 2.93. The van der Waals surface area contributed by atoms with Crippen LogP contribution in [-0.4, -0.2) is 15.1 Å². The standard InChI is InChI=1S/C16H13N5O/c1-10-6-12(13-9-22-21-11(13)2)7-16(19-10)20-14-4-3-5-18-15(14)8-17/h3-7,9H,1-2H3,(H,19,20). The number of nitrogens with one attached hydrogen (secondary N) is 1. The van der Waals surface area contributed by atoms with E-state index >= 15 is 0 Å². The molecule has 3 rings (SSSR count). The minimum atomic E-state index is 0.327. The van der Waals surface area contributed by atoms with Crippen LogP contribution in [0.5, 0.6) is 0 Å². The maximum Gasteiger partial charge on any atom is 0.163 e. The molecule has 22 heavy (non-hydrogen) atoms. The van der Waals surface area contributed by atoms with E-state index < -0.39 is 0 Å². The predicted molar refractivity (Wildman–Crippen MR) is 81.4 cm³/mol. The van der Waals surface area contributed by atoms with Crippen LogP contribution in [0.3, 0.4) is 0 Å². The molecule has 0 saturated heterocycles. The zero-order chi connectivity index (χ0) is 15.5. The van der Waals surface area contributed by atoms with Crippen LogP contribution >= 0.6 is 0 Å². The van der Waals surface area contributed by atoms with Crippen molar-refractivity contribution in [3.8, 4) is 17.2 Å². The fraction of sp³-hybridized carbons (Fsp3) is 0.125. The van der Waals surface area contributed by atoms with Crippen molar-refractivity contribution in [3.63, 3.8) is 0 Å². The second-order valence-corrected chi connectivity index (χ2v) is 4.83. The van der Waals surface area contributed by atoms with Gasteiger partial charge in [0, 0.05) is 17.5 Å². The fourth-order valence-electron chi connectivity index (χ4n) is 2.19. The maximum atomic E-state index is 9.10. The van der Waals surface area contributed by atoms with Crippen LogP contribution in [0.2, 0.25) is 0 Å². The van der Waals surface area contributed by atoms with Crippen molar-refractivity contribution in [2.24, 2.45) is 0 Å². The number of rotatable bonds is 3. The second kappa shape index (κ2) is 5.66.